The third-order valence-corrected chi connectivity index (χ3v) is 13.6. The average molecular weight is 934 g/mol. The van der Waals surface area contributed by atoms with E-state index >= 15 is 0 Å². The van der Waals surface area contributed by atoms with Crippen molar-refractivity contribution in [2.24, 2.45) is 0 Å². The van der Waals surface area contributed by atoms with Crippen LogP contribution in [-0.4, -0.2) is 24.9 Å². The van der Waals surface area contributed by atoms with Gasteiger partial charge in [-0.15, -0.1) is 0 Å². The Morgan fingerprint density at radius 1 is 0.260 bits per heavy atom. The lowest BCUT2D eigenvalue weighted by Gasteiger charge is -2.19. The molecule has 73 heavy (non-hydrogen) atoms. The zero-order valence-corrected chi connectivity index (χ0v) is 39.5. The molecule has 8 aromatic carbocycles. The lowest BCUT2D eigenvalue weighted by atomic mass is 9.85. The molecule has 6 nitrogen and oxygen atoms in total. The maximum atomic E-state index is 6.63. The van der Waals surface area contributed by atoms with E-state index in [4.69, 9.17) is 19.4 Å². The van der Waals surface area contributed by atoms with E-state index in [0.29, 0.717) is 11.3 Å². The summed E-state index contributed by atoms with van der Waals surface area (Å²) in [6.07, 6.45) is 7.15. The second kappa shape index (κ2) is 18.8. The Balaban J connectivity index is 1.01. The molecular weight excluding hydrogens is 891 g/mol. The fourth-order valence-electron chi connectivity index (χ4n) is 10.1. The molecule has 0 atom stereocenters. The van der Waals surface area contributed by atoms with Crippen LogP contribution in [-0.2, 0) is 0 Å². The molecule has 342 valence electrons. The van der Waals surface area contributed by atoms with E-state index in [-0.39, 0.29) is 0 Å². The molecule has 0 saturated carbocycles. The lowest BCUT2D eigenvalue weighted by Crippen LogP contribution is -1.95. The van der Waals surface area contributed by atoms with Crippen molar-refractivity contribution in [3.63, 3.8) is 0 Å². The zero-order valence-electron chi connectivity index (χ0n) is 39.5. The highest BCUT2D eigenvalue weighted by molar-refractivity contribution is 6.08. The van der Waals surface area contributed by atoms with Crippen molar-refractivity contribution in [2.75, 3.05) is 0 Å². The zero-order chi connectivity index (χ0) is 48.5. The number of rotatable bonds is 10. The standard InChI is InChI=1S/C67H43N5O/c1-3-17-54(52(15-1)44-26-30-46(31-27-44)61-22-9-12-36-68-61)49-39-50(55-18-4-2-16-53(55)45-28-32-47(33-29-45)62-23-10-13-37-69-62)41-51(40-49)56-19-5-6-20-57(56)58-35-34-48(63-24-11-14-38-70-63)42-60(58)66-67-65(71-43-72-66)59-21-7-8-25-64(59)73-67/h1-43H. The number of hydrogen-bond donors (Lipinski definition) is 0. The van der Waals surface area contributed by atoms with Crippen LogP contribution in [0.15, 0.2) is 266 Å². The average Bonchev–Trinajstić information content (AvgIpc) is 3.87. The fourth-order valence-corrected chi connectivity index (χ4v) is 10.1. The molecule has 0 aliphatic carbocycles. The van der Waals surface area contributed by atoms with Gasteiger partial charge in [-0.25, -0.2) is 9.97 Å². The Kier molecular flexibility index (Phi) is 11.1. The third-order valence-electron chi connectivity index (χ3n) is 13.6. The molecule has 6 heteroatoms. The molecule has 0 unspecified atom stereocenters. The Morgan fingerprint density at radius 3 is 1.16 bits per heavy atom. The maximum absolute atomic E-state index is 6.63. The van der Waals surface area contributed by atoms with Gasteiger partial charge in [-0.2, -0.15) is 0 Å². The lowest BCUT2D eigenvalue weighted by molar-refractivity contribution is 0.667. The molecule has 0 aliphatic rings. The van der Waals surface area contributed by atoms with Gasteiger partial charge in [0.2, 0.25) is 0 Å². The van der Waals surface area contributed by atoms with E-state index in [9.17, 15) is 0 Å². The third kappa shape index (κ3) is 8.23. The van der Waals surface area contributed by atoms with Crippen LogP contribution >= 0.6 is 0 Å². The van der Waals surface area contributed by atoms with Gasteiger partial charge in [-0.3, -0.25) is 15.0 Å². The van der Waals surface area contributed by atoms with Gasteiger partial charge in [-0.05, 0) is 140 Å². The van der Waals surface area contributed by atoms with Crippen molar-refractivity contribution in [3.05, 3.63) is 262 Å². The first-order chi connectivity index (χ1) is 36.2. The Bertz CT molecular complexity index is 3970. The van der Waals surface area contributed by atoms with Crippen LogP contribution in [0.5, 0.6) is 0 Å². The van der Waals surface area contributed by atoms with Crippen molar-refractivity contribution >= 4 is 22.1 Å². The summed E-state index contributed by atoms with van der Waals surface area (Å²) in [4.78, 5) is 23.7. The quantitative estimate of drug-likeness (QED) is 0.136. The van der Waals surface area contributed by atoms with Crippen LogP contribution in [0.1, 0.15) is 0 Å². The first-order valence-corrected chi connectivity index (χ1v) is 24.4. The minimum Gasteiger partial charge on any atom is -0.452 e. The number of benzene rings is 8. The van der Waals surface area contributed by atoms with E-state index in [1.54, 1.807) is 6.33 Å². The predicted octanol–water partition coefficient (Wildman–Crippen LogP) is 17.2. The van der Waals surface area contributed by atoms with Gasteiger partial charge in [0.25, 0.3) is 0 Å². The summed E-state index contributed by atoms with van der Waals surface area (Å²) >= 11 is 0. The topological polar surface area (TPSA) is 77.6 Å². The molecular formula is C67H43N5O. The summed E-state index contributed by atoms with van der Waals surface area (Å²) in [7, 11) is 0. The van der Waals surface area contributed by atoms with E-state index in [1.165, 1.54) is 0 Å². The molecule has 0 fully saturated rings. The molecule has 13 aromatic rings. The van der Waals surface area contributed by atoms with E-state index in [1.807, 2.05) is 97.5 Å². The molecule has 0 N–H and O–H groups in total. The first-order valence-electron chi connectivity index (χ1n) is 24.4. The summed E-state index contributed by atoms with van der Waals surface area (Å²) in [6, 6.07) is 83.2. The minimum absolute atomic E-state index is 0.638. The normalized spacial score (nSPS) is 11.3. The van der Waals surface area contributed by atoms with Gasteiger partial charge in [0.05, 0.1) is 17.1 Å². The second-order valence-corrected chi connectivity index (χ2v) is 18.0. The van der Waals surface area contributed by atoms with Crippen LogP contribution in [0, 0.1) is 0 Å². The molecule has 0 spiro atoms. The van der Waals surface area contributed by atoms with Crippen molar-refractivity contribution in [1.82, 2.24) is 24.9 Å². The molecule has 0 saturated heterocycles. The number of para-hydroxylation sites is 1. The highest BCUT2D eigenvalue weighted by atomic mass is 16.3. The largest absolute Gasteiger partial charge is 0.452 e. The number of nitrogens with zero attached hydrogens (tertiary/aromatic N) is 5. The SMILES string of the molecule is c1ccc(-c2ccc(-c3ccccc3-c3cc(-c4ccccc4-c4ccc(-c5ccccn5)cc4)cc(-c4ccccc4-c4ccc(-c5ccccn5)cc4-c4ncnc5c4oc4ccccc45)c3)cc2)nc1. The maximum Gasteiger partial charge on any atom is 0.180 e. The summed E-state index contributed by atoms with van der Waals surface area (Å²) in [5.41, 5.74) is 22.8. The highest BCUT2D eigenvalue weighted by Gasteiger charge is 2.22. The Labute approximate surface area is 422 Å². The molecule has 5 aromatic heterocycles. The van der Waals surface area contributed by atoms with Crippen molar-refractivity contribution in [1.29, 1.82) is 0 Å². The van der Waals surface area contributed by atoms with Crippen molar-refractivity contribution < 1.29 is 4.42 Å². The smallest absolute Gasteiger partial charge is 0.180 e. The van der Waals surface area contributed by atoms with Gasteiger partial charge in [-0.1, -0.05) is 164 Å². The van der Waals surface area contributed by atoms with Gasteiger partial charge in [0, 0.05) is 46.2 Å². The van der Waals surface area contributed by atoms with Crippen LogP contribution in [0.2, 0.25) is 0 Å². The summed E-state index contributed by atoms with van der Waals surface area (Å²) in [5, 5.41) is 0.946. The minimum atomic E-state index is 0.638. The summed E-state index contributed by atoms with van der Waals surface area (Å²) < 4.78 is 6.63. The molecule has 13 rings (SSSR count). The fraction of sp³-hybridized carbons (Fsp3) is 0. The summed E-state index contributed by atoms with van der Waals surface area (Å²) in [5.74, 6) is 0. The van der Waals surface area contributed by atoms with Crippen LogP contribution in [0.4, 0.5) is 0 Å². The van der Waals surface area contributed by atoms with Crippen LogP contribution < -0.4 is 0 Å². The van der Waals surface area contributed by atoms with Gasteiger partial charge in [0.15, 0.2) is 5.58 Å². The van der Waals surface area contributed by atoms with Crippen LogP contribution in [0.3, 0.4) is 0 Å². The number of pyridine rings is 3. The summed E-state index contributed by atoms with van der Waals surface area (Å²) in [6.45, 7) is 0. The molecule has 0 amide bonds. The van der Waals surface area contributed by atoms with Gasteiger partial charge >= 0.3 is 0 Å². The molecule has 0 radical (unpaired) electrons. The first kappa shape index (κ1) is 43.1. The van der Waals surface area contributed by atoms with E-state index in [2.05, 4.69) is 168 Å². The highest BCUT2D eigenvalue weighted by Crippen LogP contribution is 2.46. The Hall–Kier alpha value is -9.91. The van der Waals surface area contributed by atoms with Gasteiger partial charge in [0.1, 0.15) is 23.1 Å². The van der Waals surface area contributed by atoms with E-state index in [0.717, 1.165) is 123 Å². The number of fused-ring (bicyclic) bond motifs is 3. The van der Waals surface area contributed by atoms with Crippen molar-refractivity contribution in [2.45, 2.75) is 0 Å². The number of hydrogen-bond acceptors (Lipinski definition) is 6. The molecule has 5 heterocycles. The number of furan rings is 1. The predicted molar refractivity (Wildman–Crippen MR) is 297 cm³/mol. The second-order valence-electron chi connectivity index (χ2n) is 18.0. The van der Waals surface area contributed by atoms with E-state index < -0.39 is 0 Å². The van der Waals surface area contributed by atoms with Crippen LogP contribution in [0.25, 0.3) is 134 Å². The molecule has 0 bridgehead atoms. The number of aromatic nitrogens is 5. The molecule has 0 aliphatic heterocycles. The van der Waals surface area contributed by atoms with Crippen molar-refractivity contribution in [3.8, 4) is 112 Å². The van der Waals surface area contributed by atoms with Gasteiger partial charge < -0.3 is 4.42 Å². The monoisotopic (exact) mass is 933 g/mol. The Morgan fingerprint density at radius 2 is 0.658 bits per heavy atom.